The van der Waals surface area contributed by atoms with Crippen LogP contribution in [0, 0.1) is 5.82 Å². The predicted molar refractivity (Wildman–Crippen MR) is 100.0 cm³/mol. The van der Waals surface area contributed by atoms with Crippen LogP contribution in [0.1, 0.15) is 20.8 Å². The number of thiazole rings is 1. The zero-order valence-electron chi connectivity index (χ0n) is 13.3. The average Bonchev–Trinajstić information content (AvgIpc) is 3.02. The van der Waals surface area contributed by atoms with E-state index in [4.69, 9.17) is 4.74 Å². The Bertz CT molecular complexity index is 914. The maximum atomic E-state index is 13.3. The Hall–Kier alpha value is -2.25. The topological polar surface area (TPSA) is 51.2 Å². The van der Waals surface area contributed by atoms with Gasteiger partial charge in [-0.2, -0.15) is 0 Å². The zero-order chi connectivity index (χ0) is 17.8. The summed E-state index contributed by atoms with van der Waals surface area (Å²) in [5, 5.41) is 3.27. The molecule has 7 heteroatoms. The number of nitrogens with one attached hydrogen (secondary N) is 1. The molecule has 0 unspecified atom stereocenters. The van der Waals surface area contributed by atoms with Crippen LogP contribution in [-0.2, 0) is 6.42 Å². The largest absolute Gasteiger partial charge is 0.497 e. The number of ether oxygens (including phenoxy) is 1. The first-order valence-corrected chi connectivity index (χ1v) is 9.00. The van der Waals surface area contributed by atoms with Crippen LogP contribution in [0.2, 0.25) is 0 Å². The van der Waals surface area contributed by atoms with E-state index in [2.05, 4.69) is 26.2 Å². The molecule has 0 aliphatic heterocycles. The van der Waals surface area contributed by atoms with Gasteiger partial charge in [-0.05, 0) is 51.8 Å². The van der Waals surface area contributed by atoms with E-state index in [1.54, 1.807) is 37.6 Å². The molecule has 3 aromatic rings. The second-order valence-electron chi connectivity index (χ2n) is 5.24. The quantitative estimate of drug-likeness (QED) is 0.638. The highest BCUT2D eigenvalue weighted by molar-refractivity contribution is 9.10. The number of nitrogens with zero attached hydrogens (tertiary/aromatic N) is 1. The molecule has 128 valence electrons. The van der Waals surface area contributed by atoms with Crippen molar-refractivity contribution in [3.05, 3.63) is 75.0 Å². The Balaban J connectivity index is 1.72. The maximum Gasteiger partial charge on any atom is 0.258 e. The van der Waals surface area contributed by atoms with Crippen molar-refractivity contribution in [2.45, 2.75) is 6.42 Å². The third kappa shape index (κ3) is 4.43. The van der Waals surface area contributed by atoms with Gasteiger partial charge in [-0.1, -0.05) is 12.1 Å². The molecule has 0 atom stereocenters. The van der Waals surface area contributed by atoms with Gasteiger partial charge in [0.05, 0.1) is 12.7 Å². The molecule has 1 aromatic heterocycles. The average molecular weight is 421 g/mol. The second kappa shape index (κ2) is 7.76. The molecule has 1 N–H and O–H groups in total. The fourth-order valence-corrected chi connectivity index (χ4v) is 3.53. The molecule has 0 aliphatic carbocycles. The van der Waals surface area contributed by atoms with Gasteiger partial charge in [0.1, 0.15) is 11.6 Å². The third-order valence-corrected chi connectivity index (χ3v) is 5.06. The molecule has 4 nitrogen and oxygen atoms in total. The number of anilines is 1. The summed E-state index contributed by atoms with van der Waals surface area (Å²) in [6, 6.07) is 11.6. The summed E-state index contributed by atoms with van der Waals surface area (Å²) >= 11 is 4.72. The fourth-order valence-electron chi connectivity index (χ4n) is 2.26. The van der Waals surface area contributed by atoms with Crippen LogP contribution in [-0.4, -0.2) is 18.0 Å². The summed E-state index contributed by atoms with van der Waals surface area (Å²) in [5.41, 5.74) is 1.32. The van der Waals surface area contributed by atoms with Crippen molar-refractivity contribution < 1.29 is 13.9 Å². The van der Waals surface area contributed by atoms with Crippen molar-refractivity contribution in [2.24, 2.45) is 0 Å². The number of rotatable bonds is 5. The Morgan fingerprint density at radius 1 is 1.32 bits per heavy atom. The van der Waals surface area contributed by atoms with Gasteiger partial charge in [-0.3, -0.25) is 10.1 Å². The van der Waals surface area contributed by atoms with E-state index < -0.39 is 0 Å². The first-order chi connectivity index (χ1) is 12.0. The van der Waals surface area contributed by atoms with Crippen molar-refractivity contribution in [2.75, 3.05) is 12.4 Å². The zero-order valence-corrected chi connectivity index (χ0v) is 15.7. The van der Waals surface area contributed by atoms with Crippen LogP contribution in [0.5, 0.6) is 5.75 Å². The first-order valence-electron chi connectivity index (χ1n) is 7.39. The number of benzene rings is 2. The highest BCUT2D eigenvalue weighted by Gasteiger charge is 2.14. The number of carbonyl (C=O) groups excluding carboxylic acids is 1. The number of carbonyl (C=O) groups is 1. The number of hydrogen-bond donors (Lipinski definition) is 1. The molecule has 0 saturated carbocycles. The second-order valence-corrected chi connectivity index (χ2v) is 7.21. The van der Waals surface area contributed by atoms with Gasteiger partial charge in [0.2, 0.25) is 0 Å². The van der Waals surface area contributed by atoms with Gasteiger partial charge in [-0.25, -0.2) is 9.37 Å². The van der Waals surface area contributed by atoms with Crippen molar-refractivity contribution in [3.8, 4) is 5.75 Å². The minimum absolute atomic E-state index is 0.265. The molecule has 0 aliphatic rings. The van der Waals surface area contributed by atoms with Crippen molar-refractivity contribution >= 4 is 38.3 Å². The number of methoxy groups -OCH3 is 1. The number of halogens is 2. The van der Waals surface area contributed by atoms with Gasteiger partial charge >= 0.3 is 0 Å². The van der Waals surface area contributed by atoms with Crippen molar-refractivity contribution in [3.63, 3.8) is 0 Å². The van der Waals surface area contributed by atoms with Crippen LogP contribution in [0.15, 0.2) is 53.1 Å². The van der Waals surface area contributed by atoms with E-state index in [0.29, 0.717) is 27.3 Å². The number of aromatic nitrogens is 1. The molecule has 0 bridgehead atoms. The highest BCUT2D eigenvalue weighted by atomic mass is 79.9. The van der Waals surface area contributed by atoms with Crippen LogP contribution >= 0.6 is 27.3 Å². The molecule has 1 heterocycles. The lowest BCUT2D eigenvalue weighted by Gasteiger charge is -2.06. The Morgan fingerprint density at radius 2 is 2.16 bits per heavy atom. The lowest BCUT2D eigenvalue weighted by atomic mass is 10.1. The molecular weight excluding hydrogens is 407 g/mol. The van der Waals surface area contributed by atoms with Gasteiger partial charge in [0.15, 0.2) is 5.13 Å². The molecular formula is C18H14BrFN2O2S. The van der Waals surface area contributed by atoms with E-state index in [1.807, 2.05) is 6.07 Å². The van der Waals surface area contributed by atoms with E-state index >= 15 is 0 Å². The van der Waals surface area contributed by atoms with Crippen molar-refractivity contribution in [1.29, 1.82) is 0 Å². The van der Waals surface area contributed by atoms with Crippen molar-refractivity contribution in [1.82, 2.24) is 4.98 Å². The smallest absolute Gasteiger partial charge is 0.258 e. The number of amides is 1. The lowest BCUT2D eigenvalue weighted by molar-refractivity contribution is 0.102. The highest BCUT2D eigenvalue weighted by Crippen LogP contribution is 2.26. The van der Waals surface area contributed by atoms with E-state index in [1.165, 1.54) is 23.5 Å². The molecule has 0 spiro atoms. The standard InChI is InChI=1S/C18H14BrFN2O2S/c1-24-13-5-6-16(19)15(9-13)17(23)22-18-21-10-14(25-18)8-11-3-2-4-12(20)7-11/h2-7,9-10H,8H2,1H3,(H,21,22,23). The van der Waals surface area contributed by atoms with E-state index in [-0.39, 0.29) is 11.7 Å². The predicted octanol–water partition coefficient (Wildman–Crippen LogP) is 4.90. The van der Waals surface area contributed by atoms with E-state index in [9.17, 15) is 9.18 Å². The minimum atomic E-state index is -0.280. The van der Waals surface area contributed by atoms with Gasteiger partial charge < -0.3 is 4.74 Å². The third-order valence-electron chi connectivity index (χ3n) is 3.46. The summed E-state index contributed by atoms with van der Waals surface area (Å²) in [7, 11) is 1.55. The van der Waals surface area contributed by atoms with E-state index in [0.717, 1.165) is 10.4 Å². The Labute approximate surface area is 156 Å². The summed E-state index contributed by atoms with van der Waals surface area (Å²) < 4.78 is 19.1. The van der Waals surface area contributed by atoms with Crippen LogP contribution in [0.4, 0.5) is 9.52 Å². The normalized spacial score (nSPS) is 10.5. The monoisotopic (exact) mass is 420 g/mol. The van der Waals surface area contributed by atoms with Crippen LogP contribution in [0.25, 0.3) is 0 Å². The molecule has 25 heavy (non-hydrogen) atoms. The summed E-state index contributed by atoms with van der Waals surface area (Å²) in [6.45, 7) is 0. The molecule has 3 rings (SSSR count). The summed E-state index contributed by atoms with van der Waals surface area (Å²) in [4.78, 5) is 17.6. The van der Waals surface area contributed by atoms with Crippen LogP contribution < -0.4 is 10.1 Å². The summed E-state index contributed by atoms with van der Waals surface area (Å²) in [6.07, 6.45) is 2.25. The SMILES string of the molecule is COc1ccc(Br)c(C(=O)Nc2ncc(Cc3cccc(F)c3)s2)c1. The minimum Gasteiger partial charge on any atom is -0.497 e. The number of hydrogen-bond acceptors (Lipinski definition) is 4. The summed E-state index contributed by atoms with van der Waals surface area (Å²) in [5.74, 6) is 0.0510. The molecule has 0 fully saturated rings. The van der Waals surface area contributed by atoms with Gasteiger partial charge in [0.25, 0.3) is 5.91 Å². The Kier molecular flexibility index (Phi) is 5.45. The Morgan fingerprint density at radius 3 is 2.92 bits per heavy atom. The molecule has 1 amide bonds. The fraction of sp³-hybridized carbons (Fsp3) is 0.111. The molecule has 0 saturated heterocycles. The first kappa shape index (κ1) is 17.6. The van der Waals surface area contributed by atoms with Crippen LogP contribution in [0.3, 0.4) is 0 Å². The lowest BCUT2D eigenvalue weighted by Crippen LogP contribution is -2.12. The maximum absolute atomic E-state index is 13.3. The van der Waals surface area contributed by atoms with Gasteiger partial charge in [0, 0.05) is 22.0 Å². The van der Waals surface area contributed by atoms with Gasteiger partial charge in [-0.15, -0.1) is 11.3 Å². The molecule has 0 radical (unpaired) electrons. The molecule has 2 aromatic carbocycles.